The number of para-hydroxylation sites is 1. The summed E-state index contributed by atoms with van der Waals surface area (Å²) in [6, 6.07) is 24.5. The van der Waals surface area contributed by atoms with Gasteiger partial charge in [0, 0.05) is 31.1 Å². The van der Waals surface area contributed by atoms with Crippen LogP contribution in [0, 0.1) is 12.8 Å². The van der Waals surface area contributed by atoms with Crippen molar-refractivity contribution in [3.8, 4) is 5.75 Å². The van der Waals surface area contributed by atoms with Crippen molar-refractivity contribution in [2.24, 2.45) is 5.92 Å². The number of halogens is 1. The average molecular weight is 601 g/mol. The number of fused-ring (bicyclic) bond motifs is 1. The first-order valence-corrected chi connectivity index (χ1v) is 16.3. The van der Waals surface area contributed by atoms with E-state index in [0.717, 1.165) is 94.8 Å². The molecule has 3 aromatic carbocycles. The molecule has 2 heterocycles. The molecule has 43 heavy (non-hydrogen) atoms. The first kappa shape index (κ1) is 31.1. The number of carbonyl (C=O) groups excluding carboxylic acids is 1. The predicted molar refractivity (Wildman–Crippen MR) is 176 cm³/mol. The van der Waals surface area contributed by atoms with E-state index in [1.807, 2.05) is 24.3 Å². The molecule has 1 fully saturated rings. The monoisotopic (exact) mass is 600 g/mol. The zero-order chi connectivity index (χ0) is 29.9. The van der Waals surface area contributed by atoms with E-state index in [0.29, 0.717) is 29.9 Å². The number of imidazole rings is 1. The van der Waals surface area contributed by atoms with Gasteiger partial charge in [0.25, 0.3) is 0 Å². The normalized spacial score (nSPS) is 14.0. The summed E-state index contributed by atoms with van der Waals surface area (Å²) in [5, 5.41) is 4.20. The van der Waals surface area contributed by atoms with Crippen molar-refractivity contribution in [2.75, 3.05) is 26.2 Å². The van der Waals surface area contributed by atoms with Crippen molar-refractivity contribution in [2.45, 2.75) is 71.4 Å². The van der Waals surface area contributed by atoms with Gasteiger partial charge in [-0.1, -0.05) is 54.1 Å². The fourth-order valence-corrected chi connectivity index (χ4v) is 6.22. The molecule has 0 spiro atoms. The van der Waals surface area contributed by atoms with Gasteiger partial charge in [0.05, 0.1) is 11.0 Å². The van der Waals surface area contributed by atoms with Crippen LogP contribution in [0.25, 0.3) is 11.0 Å². The summed E-state index contributed by atoms with van der Waals surface area (Å²) in [6.07, 6.45) is 8.22. The first-order valence-electron chi connectivity index (χ1n) is 15.9. The Morgan fingerprint density at radius 3 is 2.51 bits per heavy atom. The Bertz CT molecular complexity index is 1430. The van der Waals surface area contributed by atoms with Crippen LogP contribution in [0.2, 0.25) is 5.02 Å². The van der Waals surface area contributed by atoms with Crippen molar-refractivity contribution >= 4 is 28.5 Å². The third kappa shape index (κ3) is 9.07. The number of likely N-dealkylation sites (tertiary alicyclic amines) is 1. The largest absolute Gasteiger partial charge is 0.486 e. The molecular weight excluding hydrogens is 556 g/mol. The van der Waals surface area contributed by atoms with Crippen LogP contribution in [-0.2, 0) is 24.4 Å². The van der Waals surface area contributed by atoms with Gasteiger partial charge in [-0.3, -0.25) is 4.79 Å². The molecule has 0 saturated carbocycles. The third-order valence-corrected chi connectivity index (χ3v) is 8.86. The number of aromatic nitrogens is 2. The highest BCUT2D eigenvalue weighted by atomic mass is 35.5. The summed E-state index contributed by atoms with van der Waals surface area (Å²) in [4.78, 5) is 19.8. The average Bonchev–Trinajstić information content (AvgIpc) is 3.39. The summed E-state index contributed by atoms with van der Waals surface area (Å²) in [7, 11) is 0. The van der Waals surface area contributed by atoms with E-state index >= 15 is 0 Å². The van der Waals surface area contributed by atoms with E-state index in [9.17, 15) is 4.79 Å². The van der Waals surface area contributed by atoms with Gasteiger partial charge in [0.15, 0.2) is 0 Å². The Hall–Kier alpha value is -3.35. The number of nitrogens with zero attached hydrogens (tertiary/aromatic N) is 3. The van der Waals surface area contributed by atoms with E-state index in [2.05, 4.69) is 70.2 Å². The maximum Gasteiger partial charge on any atom is 0.222 e. The SMILES string of the molecule is Cc1cccc2c1nc(COc1ccc(Cl)cc1)n2CCCC1CCN(C(=O)CCCNCCCc2ccccc2)CC1. The molecule has 1 saturated heterocycles. The van der Waals surface area contributed by atoms with Gasteiger partial charge in [-0.15, -0.1) is 0 Å². The van der Waals surface area contributed by atoms with E-state index < -0.39 is 0 Å². The molecular formula is C36H45ClN4O2. The van der Waals surface area contributed by atoms with Crippen molar-refractivity contribution < 1.29 is 9.53 Å². The fraction of sp³-hybridized carbons (Fsp3) is 0.444. The molecule has 1 aliphatic heterocycles. The Labute approximate surface area is 261 Å². The van der Waals surface area contributed by atoms with Crippen LogP contribution >= 0.6 is 11.6 Å². The highest BCUT2D eigenvalue weighted by Gasteiger charge is 2.22. The Morgan fingerprint density at radius 2 is 1.72 bits per heavy atom. The number of ether oxygens (including phenoxy) is 1. The smallest absolute Gasteiger partial charge is 0.222 e. The van der Waals surface area contributed by atoms with E-state index in [-0.39, 0.29) is 0 Å². The summed E-state index contributed by atoms with van der Waals surface area (Å²) in [5.41, 5.74) is 4.78. The maximum atomic E-state index is 12.8. The van der Waals surface area contributed by atoms with Crippen LogP contribution < -0.4 is 10.1 Å². The lowest BCUT2D eigenvalue weighted by Gasteiger charge is -2.32. The van der Waals surface area contributed by atoms with Gasteiger partial charge in [0.1, 0.15) is 18.2 Å². The summed E-state index contributed by atoms with van der Waals surface area (Å²) in [6.45, 7) is 7.13. The molecule has 0 aliphatic carbocycles. The molecule has 1 N–H and O–H groups in total. The number of piperidine rings is 1. The molecule has 0 radical (unpaired) electrons. The molecule has 1 aromatic heterocycles. The van der Waals surface area contributed by atoms with Crippen LogP contribution in [0.1, 0.15) is 61.9 Å². The minimum Gasteiger partial charge on any atom is -0.486 e. The minimum absolute atomic E-state index is 0.315. The molecule has 1 aliphatic rings. The topological polar surface area (TPSA) is 59.4 Å². The molecule has 5 rings (SSSR count). The minimum atomic E-state index is 0.315. The van der Waals surface area contributed by atoms with E-state index in [1.165, 1.54) is 16.6 Å². The molecule has 228 valence electrons. The second-order valence-electron chi connectivity index (χ2n) is 11.8. The molecule has 0 bridgehead atoms. The maximum absolute atomic E-state index is 12.8. The Kier molecular flexibility index (Phi) is 11.5. The van der Waals surface area contributed by atoms with Crippen molar-refractivity contribution in [1.29, 1.82) is 0 Å². The number of amides is 1. The molecule has 4 aromatic rings. The Balaban J connectivity index is 1.01. The predicted octanol–water partition coefficient (Wildman–Crippen LogP) is 7.60. The highest BCUT2D eigenvalue weighted by molar-refractivity contribution is 6.30. The van der Waals surface area contributed by atoms with Crippen molar-refractivity contribution in [3.05, 3.63) is 94.8 Å². The number of carbonyl (C=O) groups is 1. The van der Waals surface area contributed by atoms with Gasteiger partial charge in [0.2, 0.25) is 5.91 Å². The number of nitrogens with one attached hydrogen (secondary N) is 1. The van der Waals surface area contributed by atoms with Crippen LogP contribution in [0.4, 0.5) is 0 Å². The summed E-state index contributed by atoms with van der Waals surface area (Å²) < 4.78 is 8.40. The van der Waals surface area contributed by atoms with E-state index in [1.54, 1.807) is 0 Å². The summed E-state index contributed by atoms with van der Waals surface area (Å²) >= 11 is 6.03. The lowest BCUT2D eigenvalue weighted by molar-refractivity contribution is -0.132. The molecule has 0 unspecified atom stereocenters. The van der Waals surface area contributed by atoms with Gasteiger partial charge in [-0.05, 0) is 112 Å². The van der Waals surface area contributed by atoms with E-state index in [4.69, 9.17) is 21.3 Å². The molecule has 6 nitrogen and oxygen atoms in total. The standard InChI is InChI=1S/C36H45ClN4O2/c1-28-9-5-14-33-36(28)39-34(27-43-32-18-16-31(37)17-19-32)41(33)24-8-13-30-20-25-40(26-21-30)35(42)15-7-23-38-22-6-12-29-10-3-2-4-11-29/h2-5,9-11,14,16-19,30,38H,6-8,12-13,15,20-27H2,1H3. The second-order valence-corrected chi connectivity index (χ2v) is 12.2. The lowest BCUT2D eigenvalue weighted by atomic mass is 9.92. The molecule has 0 atom stereocenters. The summed E-state index contributed by atoms with van der Waals surface area (Å²) in [5.74, 6) is 2.72. The molecule has 7 heteroatoms. The second kappa shape index (κ2) is 15.9. The number of benzene rings is 3. The van der Waals surface area contributed by atoms with Gasteiger partial charge in [-0.25, -0.2) is 4.98 Å². The van der Waals surface area contributed by atoms with Gasteiger partial charge in [-0.2, -0.15) is 0 Å². The van der Waals surface area contributed by atoms with Crippen LogP contribution in [0.5, 0.6) is 5.75 Å². The number of aryl methyl sites for hydroxylation is 3. The van der Waals surface area contributed by atoms with Crippen LogP contribution in [0.3, 0.4) is 0 Å². The number of hydrogen-bond donors (Lipinski definition) is 1. The fourth-order valence-electron chi connectivity index (χ4n) is 6.09. The zero-order valence-corrected chi connectivity index (χ0v) is 26.2. The quantitative estimate of drug-likeness (QED) is 0.143. The molecule has 1 amide bonds. The highest BCUT2D eigenvalue weighted by Crippen LogP contribution is 2.26. The van der Waals surface area contributed by atoms with Crippen molar-refractivity contribution in [3.63, 3.8) is 0 Å². The van der Waals surface area contributed by atoms with Gasteiger partial charge < -0.3 is 19.5 Å². The third-order valence-electron chi connectivity index (χ3n) is 8.61. The van der Waals surface area contributed by atoms with Gasteiger partial charge >= 0.3 is 0 Å². The first-order chi connectivity index (χ1) is 21.1. The number of rotatable bonds is 15. The van der Waals surface area contributed by atoms with Crippen LogP contribution in [0.15, 0.2) is 72.8 Å². The number of hydrogen-bond acceptors (Lipinski definition) is 4. The Morgan fingerprint density at radius 1 is 0.953 bits per heavy atom. The zero-order valence-electron chi connectivity index (χ0n) is 25.4. The lowest BCUT2D eigenvalue weighted by Crippen LogP contribution is -2.38. The van der Waals surface area contributed by atoms with Crippen LogP contribution in [-0.4, -0.2) is 46.5 Å². The van der Waals surface area contributed by atoms with Crippen molar-refractivity contribution in [1.82, 2.24) is 19.8 Å².